The highest BCUT2D eigenvalue weighted by atomic mass is 79.9. The number of nitrogens with zero attached hydrogens (tertiary/aromatic N) is 2. The van der Waals surface area contributed by atoms with Gasteiger partial charge >= 0.3 is 5.97 Å². The molecule has 13 heavy (non-hydrogen) atoms. The fourth-order valence-electron chi connectivity index (χ4n) is 0.946. The molecule has 1 heterocycles. The molecule has 0 spiro atoms. The minimum atomic E-state index is -0.387. The molecule has 0 aliphatic heterocycles. The fraction of sp³-hybridized carbons (Fsp3) is 0.429. The van der Waals surface area contributed by atoms with Crippen LogP contribution in [0.4, 0.5) is 0 Å². The lowest BCUT2D eigenvalue weighted by Crippen LogP contribution is -2.08. The zero-order chi connectivity index (χ0) is 10.0. The fourth-order valence-corrected chi connectivity index (χ4v) is 2.21. The quantitative estimate of drug-likeness (QED) is 0.603. The van der Waals surface area contributed by atoms with Gasteiger partial charge in [0.05, 0.1) is 7.11 Å². The zero-order valence-corrected chi connectivity index (χ0v) is 9.90. The molecule has 0 saturated carbocycles. The van der Waals surface area contributed by atoms with Gasteiger partial charge in [-0.3, -0.25) is 0 Å². The first-order valence-corrected chi connectivity index (χ1v) is 5.48. The maximum Gasteiger partial charge on any atom is 0.357 e. The van der Waals surface area contributed by atoms with Crippen molar-refractivity contribution in [1.29, 1.82) is 0 Å². The molecule has 0 aromatic carbocycles. The first-order chi connectivity index (χ1) is 6.11. The van der Waals surface area contributed by atoms with E-state index in [2.05, 4.69) is 25.7 Å². The number of hydrogen-bond acceptors (Lipinski definition) is 4. The van der Waals surface area contributed by atoms with Crippen molar-refractivity contribution in [2.24, 2.45) is 7.05 Å². The molecule has 0 bridgehead atoms. The molecule has 72 valence electrons. The summed E-state index contributed by atoms with van der Waals surface area (Å²) < 4.78 is 6.83. The summed E-state index contributed by atoms with van der Waals surface area (Å²) in [6.07, 6.45) is 1.90. The van der Waals surface area contributed by atoms with Crippen LogP contribution in [0.25, 0.3) is 0 Å². The van der Waals surface area contributed by atoms with Crippen LogP contribution in [0.2, 0.25) is 0 Å². The Morgan fingerprint density at radius 1 is 1.69 bits per heavy atom. The smallest absolute Gasteiger partial charge is 0.357 e. The van der Waals surface area contributed by atoms with Crippen molar-refractivity contribution in [1.82, 2.24) is 9.55 Å². The van der Waals surface area contributed by atoms with Crippen LogP contribution in [0.15, 0.2) is 9.76 Å². The summed E-state index contributed by atoms with van der Waals surface area (Å²) in [5.74, 6) is -0.387. The highest BCUT2D eigenvalue weighted by molar-refractivity contribution is 9.10. The van der Waals surface area contributed by atoms with E-state index in [9.17, 15) is 4.79 Å². The van der Waals surface area contributed by atoms with Crippen LogP contribution in [0.3, 0.4) is 0 Å². The lowest BCUT2D eigenvalue weighted by atomic mass is 10.5. The molecule has 6 heteroatoms. The molecule has 1 rings (SSSR count). The molecule has 0 unspecified atom stereocenters. The first-order valence-electron chi connectivity index (χ1n) is 3.46. The number of rotatable bonds is 2. The summed E-state index contributed by atoms with van der Waals surface area (Å²) in [6, 6.07) is 0. The molecule has 0 N–H and O–H groups in total. The van der Waals surface area contributed by atoms with Crippen molar-refractivity contribution in [3.8, 4) is 0 Å². The van der Waals surface area contributed by atoms with Crippen LogP contribution in [-0.2, 0) is 11.8 Å². The number of ether oxygens (including phenoxy) is 1. The second-order valence-electron chi connectivity index (χ2n) is 2.29. The van der Waals surface area contributed by atoms with Gasteiger partial charge in [-0.15, -0.1) is 0 Å². The number of halogens is 1. The van der Waals surface area contributed by atoms with Gasteiger partial charge < -0.3 is 9.30 Å². The maximum absolute atomic E-state index is 11.3. The molecule has 0 radical (unpaired) electrons. The normalized spacial score (nSPS) is 10.2. The van der Waals surface area contributed by atoms with E-state index in [0.717, 1.165) is 5.16 Å². The van der Waals surface area contributed by atoms with E-state index in [1.54, 1.807) is 11.6 Å². The maximum atomic E-state index is 11.3. The lowest BCUT2D eigenvalue weighted by Gasteiger charge is -2.01. The number of methoxy groups -OCH3 is 1. The van der Waals surface area contributed by atoms with Gasteiger partial charge in [-0.25, -0.2) is 9.78 Å². The Hall–Kier alpha value is -0.490. The van der Waals surface area contributed by atoms with Crippen LogP contribution in [0.5, 0.6) is 0 Å². The Labute approximate surface area is 88.8 Å². The molecule has 0 fully saturated rings. The number of imidazole rings is 1. The standard InChI is InChI=1S/C7H9BrN2O2S/c1-10-4(6(11)12-2)5(8)9-7(10)13-3/h1-3H3. The van der Waals surface area contributed by atoms with E-state index in [1.807, 2.05) is 6.26 Å². The zero-order valence-electron chi connectivity index (χ0n) is 7.50. The largest absolute Gasteiger partial charge is 0.464 e. The molecule has 0 aliphatic rings. The molecule has 0 saturated heterocycles. The molecule has 0 atom stereocenters. The van der Waals surface area contributed by atoms with Crippen LogP contribution in [0.1, 0.15) is 10.5 Å². The van der Waals surface area contributed by atoms with E-state index >= 15 is 0 Å². The summed E-state index contributed by atoms with van der Waals surface area (Å²) in [4.78, 5) is 15.4. The second-order valence-corrected chi connectivity index (χ2v) is 3.81. The van der Waals surface area contributed by atoms with E-state index in [1.165, 1.54) is 18.9 Å². The van der Waals surface area contributed by atoms with Gasteiger partial charge in [-0.2, -0.15) is 0 Å². The van der Waals surface area contributed by atoms with Crippen LogP contribution in [0, 0.1) is 0 Å². The van der Waals surface area contributed by atoms with E-state index in [0.29, 0.717) is 10.3 Å². The molecule has 1 aromatic heterocycles. The number of thioether (sulfide) groups is 1. The number of carbonyl (C=O) groups is 1. The van der Waals surface area contributed by atoms with Gasteiger partial charge in [0.1, 0.15) is 4.60 Å². The Balaban J connectivity index is 3.20. The number of carbonyl (C=O) groups excluding carboxylic acids is 1. The topological polar surface area (TPSA) is 44.1 Å². The lowest BCUT2D eigenvalue weighted by molar-refractivity contribution is 0.0588. The summed E-state index contributed by atoms with van der Waals surface area (Å²) in [6.45, 7) is 0. The van der Waals surface area contributed by atoms with Gasteiger partial charge in [0.2, 0.25) is 0 Å². The SMILES string of the molecule is COC(=O)c1c(Br)nc(SC)n1C. The molecular weight excluding hydrogens is 256 g/mol. The third kappa shape index (κ3) is 1.88. The third-order valence-corrected chi connectivity index (χ3v) is 2.86. The highest BCUT2D eigenvalue weighted by Gasteiger charge is 2.19. The van der Waals surface area contributed by atoms with Gasteiger partial charge in [0, 0.05) is 7.05 Å². The monoisotopic (exact) mass is 264 g/mol. The van der Waals surface area contributed by atoms with Crippen molar-refractivity contribution >= 4 is 33.7 Å². The van der Waals surface area contributed by atoms with Crippen molar-refractivity contribution in [3.05, 3.63) is 10.3 Å². The molecule has 0 amide bonds. The molecule has 4 nitrogen and oxygen atoms in total. The summed E-state index contributed by atoms with van der Waals surface area (Å²) in [5.41, 5.74) is 0.437. The predicted octanol–water partition coefficient (Wildman–Crippen LogP) is 1.69. The number of esters is 1. The highest BCUT2D eigenvalue weighted by Crippen LogP contribution is 2.22. The number of aromatic nitrogens is 2. The van der Waals surface area contributed by atoms with Crippen molar-refractivity contribution in [2.75, 3.05) is 13.4 Å². The Morgan fingerprint density at radius 3 is 2.69 bits per heavy atom. The van der Waals surface area contributed by atoms with Crippen LogP contribution >= 0.6 is 27.7 Å². The summed E-state index contributed by atoms with van der Waals surface area (Å²) >= 11 is 4.68. The summed E-state index contributed by atoms with van der Waals surface area (Å²) in [7, 11) is 3.12. The van der Waals surface area contributed by atoms with E-state index in [4.69, 9.17) is 0 Å². The third-order valence-electron chi connectivity index (χ3n) is 1.57. The van der Waals surface area contributed by atoms with Crippen LogP contribution < -0.4 is 0 Å². The Kier molecular flexibility index (Phi) is 3.38. The number of hydrogen-bond donors (Lipinski definition) is 0. The predicted molar refractivity (Wildman–Crippen MR) is 54.0 cm³/mol. The van der Waals surface area contributed by atoms with Crippen molar-refractivity contribution < 1.29 is 9.53 Å². The average molecular weight is 265 g/mol. The van der Waals surface area contributed by atoms with Gasteiger partial charge in [-0.1, -0.05) is 11.8 Å². The first kappa shape index (κ1) is 10.6. The van der Waals surface area contributed by atoms with Crippen molar-refractivity contribution in [3.63, 3.8) is 0 Å². The minimum Gasteiger partial charge on any atom is -0.464 e. The Bertz CT molecular complexity index is 337. The van der Waals surface area contributed by atoms with Gasteiger partial charge in [0.25, 0.3) is 0 Å². The molecular formula is C7H9BrN2O2S. The van der Waals surface area contributed by atoms with E-state index < -0.39 is 0 Å². The average Bonchev–Trinajstić information content (AvgIpc) is 2.40. The van der Waals surface area contributed by atoms with E-state index in [-0.39, 0.29) is 5.97 Å². The van der Waals surface area contributed by atoms with Crippen LogP contribution in [-0.4, -0.2) is 28.9 Å². The minimum absolute atomic E-state index is 0.387. The van der Waals surface area contributed by atoms with Gasteiger partial charge in [-0.05, 0) is 22.2 Å². The van der Waals surface area contributed by atoms with Gasteiger partial charge in [0.15, 0.2) is 10.9 Å². The molecule has 1 aromatic rings. The molecule has 0 aliphatic carbocycles. The van der Waals surface area contributed by atoms with Crippen molar-refractivity contribution in [2.45, 2.75) is 5.16 Å². The Morgan fingerprint density at radius 2 is 2.31 bits per heavy atom. The summed E-state index contributed by atoms with van der Waals surface area (Å²) in [5, 5.41) is 0.771. The second kappa shape index (κ2) is 4.15.